The van der Waals surface area contributed by atoms with Crippen LogP contribution in [0.1, 0.15) is 12.6 Å². The molecule has 0 amide bonds. The quantitative estimate of drug-likeness (QED) is 0.754. The van der Waals surface area contributed by atoms with Crippen molar-refractivity contribution < 1.29 is 13.5 Å². The minimum atomic E-state index is -3.35. The van der Waals surface area contributed by atoms with Crippen molar-refractivity contribution in [3.05, 3.63) is 11.8 Å². The zero-order valence-corrected chi connectivity index (χ0v) is 15.8. The van der Waals surface area contributed by atoms with Gasteiger partial charge in [0.05, 0.1) is 11.9 Å². The molecule has 2 rings (SSSR count). The van der Waals surface area contributed by atoms with Crippen molar-refractivity contribution in [1.29, 1.82) is 0 Å². The summed E-state index contributed by atoms with van der Waals surface area (Å²) in [6.07, 6.45) is 0.0909. The lowest BCUT2D eigenvalue weighted by atomic mass is 10.1. The van der Waals surface area contributed by atoms with Gasteiger partial charge >= 0.3 is 0 Å². The lowest BCUT2D eigenvalue weighted by Gasteiger charge is -2.20. The molecule has 1 aromatic heterocycles. The second-order valence-corrected chi connectivity index (χ2v) is 8.79. The Balaban J connectivity index is 2.21. The van der Waals surface area contributed by atoms with E-state index < -0.39 is 16.1 Å². The van der Waals surface area contributed by atoms with E-state index in [-0.39, 0.29) is 11.7 Å². The highest BCUT2D eigenvalue weighted by molar-refractivity contribution is 7.89. The molecule has 0 bridgehead atoms. The van der Waals surface area contributed by atoms with E-state index in [1.165, 1.54) is 18.4 Å². The highest BCUT2D eigenvalue weighted by Crippen LogP contribution is 2.26. The predicted molar refractivity (Wildman–Crippen MR) is 94.9 cm³/mol. The number of sulfonamides is 1. The zero-order chi connectivity index (χ0) is 18.1. The smallest absolute Gasteiger partial charge is 0.227 e. The number of aromatic nitrogens is 2. The highest BCUT2D eigenvalue weighted by atomic mass is 32.2. The summed E-state index contributed by atoms with van der Waals surface area (Å²) in [6.45, 7) is 2.86. The first-order chi connectivity index (χ1) is 11.1. The maximum Gasteiger partial charge on any atom is 0.227 e. The van der Waals surface area contributed by atoms with E-state index in [0.717, 1.165) is 17.9 Å². The van der Waals surface area contributed by atoms with Gasteiger partial charge in [-0.05, 0) is 6.42 Å². The van der Waals surface area contributed by atoms with E-state index >= 15 is 0 Å². The van der Waals surface area contributed by atoms with Gasteiger partial charge in [0.2, 0.25) is 16.0 Å². The minimum absolute atomic E-state index is 0.0656. The molecule has 0 unspecified atom stereocenters. The average Bonchev–Trinajstić information content (AvgIpc) is 2.87. The Hall–Kier alpha value is -1.45. The topological polar surface area (TPSA) is 89.9 Å². The summed E-state index contributed by atoms with van der Waals surface area (Å²) in [5.74, 6) is 0.946. The largest absolute Gasteiger partial charge is 0.391 e. The first-order valence-electron chi connectivity index (χ1n) is 8.02. The molecule has 2 heterocycles. The molecule has 0 aliphatic carbocycles. The van der Waals surface area contributed by atoms with Gasteiger partial charge in [-0.2, -0.15) is 4.98 Å². The van der Waals surface area contributed by atoms with E-state index in [2.05, 4.69) is 9.97 Å². The van der Waals surface area contributed by atoms with Crippen LogP contribution in [0.2, 0.25) is 0 Å². The lowest BCUT2D eigenvalue weighted by molar-refractivity contribution is 0.157. The Morgan fingerprint density at radius 1 is 1.25 bits per heavy atom. The summed E-state index contributed by atoms with van der Waals surface area (Å²) < 4.78 is 25.4. The number of rotatable bonds is 6. The van der Waals surface area contributed by atoms with Crippen LogP contribution in [0.3, 0.4) is 0 Å². The molecule has 1 N–H and O–H groups in total. The number of aryl methyl sites for hydroxylation is 1. The molecule has 8 nitrogen and oxygen atoms in total. The molecule has 24 heavy (non-hydrogen) atoms. The van der Waals surface area contributed by atoms with Gasteiger partial charge in [-0.15, -0.1) is 0 Å². The summed E-state index contributed by atoms with van der Waals surface area (Å²) >= 11 is 0. The molecule has 0 saturated carbocycles. The Morgan fingerprint density at radius 3 is 2.46 bits per heavy atom. The van der Waals surface area contributed by atoms with Gasteiger partial charge in [0.1, 0.15) is 5.82 Å². The van der Waals surface area contributed by atoms with Crippen LogP contribution in [0.5, 0.6) is 0 Å². The van der Waals surface area contributed by atoms with Gasteiger partial charge in [0, 0.05) is 59.0 Å². The maximum atomic E-state index is 12.1. The number of β-amino-alcohol motifs (C(OH)–C–C–N with tert-alkyl or cyclic N) is 1. The van der Waals surface area contributed by atoms with Gasteiger partial charge in [-0.25, -0.2) is 17.7 Å². The molecule has 1 aliphatic heterocycles. The maximum absolute atomic E-state index is 12.1. The zero-order valence-electron chi connectivity index (χ0n) is 15.0. The Morgan fingerprint density at radius 2 is 1.92 bits per heavy atom. The Bertz CT molecular complexity index is 678. The minimum Gasteiger partial charge on any atom is -0.391 e. The highest BCUT2D eigenvalue weighted by Gasteiger charge is 2.36. The van der Waals surface area contributed by atoms with Crippen molar-refractivity contribution in [2.24, 2.45) is 5.92 Å². The van der Waals surface area contributed by atoms with Crippen molar-refractivity contribution >= 4 is 21.8 Å². The monoisotopic (exact) mass is 357 g/mol. The van der Waals surface area contributed by atoms with Crippen molar-refractivity contribution in [1.82, 2.24) is 14.3 Å². The molecule has 1 saturated heterocycles. The van der Waals surface area contributed by atoms with Crippen molar-refractivity contribution in [2.45, 2.75) is 19.4 Å². The molecule has 1 aliphatic rings. The van der Waals surface area contributed by atoms with Crippen LogP contribution < -0.4 is 9.80 Å². The van der Waals surface area contributed by atoms with Crippen LogP contribution in [0.25, 0.3) is 0 Å². The van der Waals surface area contributed by atoms with Crippen LogP contribution in [-0.4, -0.2) is 80.9 Å². The Labute approximate surface area is 144 Å². The molecule has 9 heteroatoms. The number of hydrogen-bond acceptors (Lipinski definition) is 7. The fourth-order valence-electron chi connectivity index (χ4n) is 2.64. The first-order valence-corrected chi connectivity index (χ1v) is 9.63. The average molecular weight is 357 g/mol. The summed E-state index contributed by atoms with van der Waals surface area (Å²) in [4.78, 5) is 12.8. The second-order valence-electron chi connectivity index (χ2n) is 6.56. The van der Waals surface area contributed by atoms with Gasteiger partial charge in [0.15, 0.2) is 0 Å². The van der Waals surface area contributed by atoms with Gasteiger partial charge in [0.25, 0.3) is 0 Å². The normalized spacial score (nSPS) is 21.5. The fourth-order valence-corrected chi connectivity index (χ4v) is 3.80. The van der Waals surface area contributed by atoms with Crippen LogP contribution in [0, 0.1) is 5.92 Å². The molecular weight excluding hydrogens is 330 g/mol. The number of nitrogens with zero attached hydrogens (tertiary/aromatic N) is 5. The number of aliphatic hydroxyl groups excluding tert-OH is 1. The standard InChI is InChI=1S/C15H27N5O3S/c1-6-12-7-14(17-15(16-12)18(2)3)20-8-11(13(21)9-20)10-24(22,23)19(4)5/h7,11,13,21H,6,8-10H2,1-5H3/t11-,13-/m0/s1. The molecule has 1 fully saturated rings. The van der Waals surface area contributed by atoms with Crippen LogP contribution in [-0.2, 0) is 16.4 Å². The first kappa shape index (κ1) is 18.9. The summed E-state index contributed by atoms with van der Waals surface area (Å²) in [7, 11) is 3.43. The molecule has 1 aromatic rings. The molecule has 136 valence electrons. The number of aliphatic hydroxyl groups is 1. The van der Waals surface area contributed by atoms with Gasteiger partial charge in [-0.3, -0.25) is 0 Å². The summed E-state index contributed by atoms with van der Waals surface area (Å²) in [5, 5.41) is 10.3. The lowest BCUT2D eigenvalue weighted by Crippen LogP contribution is -2.33. The van der Waals surface area contributed by atoms with E-state index in [9.17, 15) is 13.5 Å². The van der Waals surface area contributed by atoms with Crippen LogP contribution in [0.15, 0.2) is 6.07 Å². The van der Waals surface area contributed by atoms with Gasteiger partial charge < -0.3 is 14.9 Å². The Kier molecular flexibility index (Phi) is 5.67. The third kappa shape index (κ3) is 4.14. The second kappa shape index (κ2) is 7.20. The van der Waals surface area contributed by atoms with E-state index in [4.69, 9.17) is 0 Å². The SMILES string of the molecule is CCc1cc(N2C[C@@H](CS(=O)(=O)N(C)C)[C@@H](O)C2)nc(N(C)C)n1. The van der Waals surface area contributed by atoms with Crippen molar-refractivity contribution in [3.8, 4) is 0 Å². The van der Waals surface area contributed by atoms with Crippen molar-refractivity contribution in [2.75, 3.05) is 56.8 Å². The van der Waals surface area contributed by atoms with E-state index in [1.54, 1.807) is 0 Å². The third-order valence-corrected chi connectivity index (χ3v) is 6.19. The third-order valence-electron chi connectivity index (χ3n) is 4.23. The molecule has 0 aromatic carbocycles. The van der Waals surface area contributed by atoms with Crippen LogP contribution >= 0.6 is 0 Å². The predicted octanol–water partition coefficient (Wildman–Crippen LogP) is -0.206. The summed E-state index contributed by atoms with van der Waals surface area (Å²) in [5.41, 5.74) is 0.919. The number of hydrogen-bond donors (Lipinski definition) is 1. The molecule has 2 atom stereocenters. The fraction of sp³-hybridized carbons (Fsp3) is 0.733. The van der Waals surface area contributed by atoms with Crippen LogP contribution in [0.4, 0.5) is 11.8 Å². The van der Waals surface area contributed by atoms with Gasteiger partial charge in [-0.1, -0.05) is 6.92 Å². The summed E-state index contributed by atoms with van der Waals surface area (Å²) in [6, 6.07) is 1.91. The van der Waals surface area contributed by atoms with E-state index in [0.29, 0.717) is 19.0 Å². The van der Waals surface area contributed by atoms with Crippen molar-refractivity contribution in [3.63, 3.8) is 0 Å². The molecule has 0 spiro atoms. The van der Waals surface area contributed by atoms with E-state index in [1.807, 2.05) is 36.9 Å². The molecular formula is C15H27N5O3S. The molecule has 0 radical (unpaired) electrons. The number of anilines is 2.